The van der Waals surface area contributed by atoms with E-state index in [1.54, 1.807) is 0 Å². The van der Waals surface area contributed by atoms with Gasteiger partial charge in [-0.25, -0.2) is 13.2 Å². The van der Waals surface area contributed by atoms with Gasteiger partial charge in [0.25, 0.3) is 15.6 Å². The van der Waals surface area contributed by atoms with Crippen LogP contribution in [0, 0.1) is 6.92 Å². The number of aromatic nitrogens is 3. The van der Waals surface area contributed by atoms with E-state index in [-0.39, 0.29) is 10.6 Å². The lowest BCUT2D eigenvalue weighted by Crippen LogP contribution is -2.26. The fourth-order valence-corrected chi connectivity index (χ4v) is 4.13. The lowest BCUT2D eigenvalue weighted by atomic mass is 10.1. The molecule has 0 atom stereocenters. The Hall–Kier alpha value is -3.92. The number of pyridine rings is 1. The normalized spacial score (nSPS) is 11.4. The highest BCUT2D eigenvalue weighted by Crippen LogP contribution is 2.22. The number of benzene rings is 2. The molecule has 0 spiro atoms. The minimum Gasteiger partial charge on any atom is -0.489 e. The van der Waals surface area contributed by atoms with Gasteiger partial charge < -0.3 is 9.72 Å². The molecule has 0 amide bonds. The smallest absolute Gasteiger partial charge is 0.325 e. The van der Waals surface area contributed by atoms with Crippen LogP contribution in [-0.4, -0.2) is 23.4 Å². The maximum Gasteiger partial charge on any atom is 0.325 e. The molecule has 0 unspecified atom stereocenters. The Kier molecular flexibility index (Phi) is 5.30. The Labute approximate surface area is 176 Å². The van der Waals surface area contributed by atoms with Gasteiger partial charge in [0.2, 0.25) is 0 Å². The van der Waals surface area contributed by atoms with Crippen molar-refractivity contribution < 1.29 is 13.2 Å². The van der Waals surface area contributed by atoms with E-state index in [4.69, 9.17) is 4.74 Å². The van der Waals surface area contributed by atoms with Crippen molar-refractivity contribution >= 4 is 26.6 Å². The summed E-state index contributed by atoms with van der Waals surface area (Å²) in [6, 6.07) is 15.5. The van der Waals surface area contributed by atoms with Gasteiger partial charge in [0, 0.05) is 22.8 Å². The monoisotopic (exact) mass is 438 g/mol. The number of aryl methyl sites for hydroxylation is 1. The first kappa shape index (κ1) is 20.4. The second-order valence-corrected chi connectivity index (χ2v) is 8.47. The van der Waals surface area contributed by atoms with Gasteiger partial charge in [-0.1, -0.05) is 18.2 Å². The van der Waals surface area contributed by atoms with Crippen LogP contribution in [0.1, 0.15) is 11.3 Å². The van der Waals surface area contributed by atoms with Gasteiger partial charge >= 0.3 is 5.69 Å². The van der Waals surface area contributed by atoms with Crippen molar-refractivity contribution in [3.05, 3.63) is 92.9 Å². The molecule has 2 heterocycles. The number of fused-ring (bicyclic) bond motifs is 1. The summed E-state index contributed by atoms with van der Waals surface area (Å²) in [5.41, 5.74) is 0.866. The van der Waals surface area contributed by atoms with Crippen LogP contribution in [0.15, 0.2) is 75.3 Å². The summed E-state index contributed by atoms with van der Waals surface area (Å²) in [5.74, 6) is 0.486. The third-order valence-electron chi connectivity index (χ3n) is 4.52. The Balaban J connectivity index is 1.51. The average Bonchev–Trinajstić information content (AvgIpc) is 2.74. The first-order valence-electron chi connectivity index (χ1n) is 9.25. The second kappa shape index (κ2) is 8.07. The SMILES string of the molecule is Cc1cc(COc2ccc(S(=O)(=O)Nc3c[nH]c(=O)[nH]c3=O)cc2)c2ccccc2n1. The third-order valence-corrected chi connectivity index (χ3v) is 5.90. The number of nitrogens with zero attached hydrogens (tertiary/aromatic N) is 1. The number of para-hydroxylation sites is 1. The predicted octanol–water partition coefficient (Wildman–Crippen LogP) is 2.30. The highest BCUT2D eigenvalue weighted by Gasteiger charge is 2.16. The maximum atomic E-state index is 12.5. The number of hydrogen-bond donors (Lipinski definition) is 3. The zero-order valence-corrected chi connectivity index (χ0v) is 17.2. The quantitative estimate of drug-likeness (QED) is 0.423. The molecule has 0 radical (unpaired) electrons. The Morgan fingerprint density at radius 3 is 2.55 bits per heavy atom. The van der Waals surface area contributed by atoms with Gasteiger partial charge in [0.05, 0.1) is 10.4 Å². The van der Waals surface area contributed by atoms with E-state index in [1.165, 1.54) is 24.3 Å². The van der Waals surface area contributed by atoms with Crippen LogP contribution in [0.5, 0.6) is 5.75 Å². The zero-order valence-electron chi connectivity index (χ0n) is 16.4. The Morgan fingerprint density at radius 1 is 1.06 bits per heavy atom. The third kappa shape index (κ3) is 4.48. The average molecular weight is 438 g/mol. The molecule has 0 aliphatic carbocycles. The van der Waals surface area contributed by atoms with Crippen molar-refractivity contribution in [1.29, 1.82) is 0 Å². The highest BCUT2D eigenvalue weighted by atomic mass is 32.2. The first-order valence-corrected chi connectivity index (χ1v) is 10.7. The first-order chi connectivity index (χ1) is 14.8. The highest BCUT2D eigenvalue weighted by molar-refractivity contribution is 7.92. The standard InChI is InChI=1S/C21H18N4O5S/c1-13-10-14(17-4-2-3-5-18(17)23-13)12-30-15-6-8-16(9-7-15)31(28,29)25-19-11-22-21(27)24-20(19)26/h2-11,25H,12H2,1H3,(H2,22,24,26,27). The molecule has 0 fully saturated rings. The lowest BCUT2D eigenvalue weighted by Gasteiger charge is -2.11. The van der Waals surface area contributed by atoms with Crippen LogP contribution in [0.2, 0.25) is 0 Å². The summed E-state index contributed by atoms with van der Waals surface area (Å²) < 4.78 is 33.0. The Bertz CT molecular complexity index is 1470. The number of sulfonamides is 1. The number of ether oxygens (including phenoxy) is 1. The number of nitrogens with one attached hydrogen (secondary N) is 3. The van der Waals surface area contributed by atoms with E-state index < -0.39 is 21.3 Å². The van der Waals surface area contributed by atoms with E-state index in [0.717, 1.165) is 28.4 Å². The van der Waals surface area contributed by atoms with Crippen LogP contribution < -0.4 is 20.7 Å². The van der Waals surface area contributed by atoms with Gasteiger partial charge in [-0.15, -0.1) is 0 Å². The number of H-pyrrole nitrogens is 2. The van der Waals surface area contributed by atoms with E-state index in [0.29, 0.717) is 12.4 Å². The summed E-state index contributed by atoms with van der Waals surface area (Å²) in [4.78, 5) is 31.4. The van der Waals surface area contributed by atoms with E-state index in [9.17, 15) is 18.0 Å². The van der Waals surface area contributed by atoms with Gasteiger partial charge in [-0.2, -0.15) is 0 Å². The molecular formula is C21H18N4O5S. The lowest BCUT2D eigenvalue weighted by molar-refractivity contribution is 0.307. The molecule has 0 aliphatic heterocycles. The van der Waals surface area contributed by atoms with Crippen LogP contribution in [0.3, 0.4) is 0 Å². The number of aromatic amines is 2. The largest absolute Gasteiger partial charge is 0.489 e. The topological polar surface area (TPSA) is 134 Å². The van der Waals surface area contributed by atoms with Crippen molar-refractivity contribution in [2.75, 3.05) is 4.72 Å². The minimum atomic E-state index is -4.02. The summed E-state index contributed by atoms with van der Waals surface area (Å²) in [6.07, 6.45) is 0.997. The molecule has 2 aromatic heterocycles. The molecule has 9 nitrogen and oxygen atoms in total. The number of anilines is 1. The predicted molar refractivity (Wildman–Crippen MR) is 116 cm³/mol. The van der Waals surface area contributed by atoms with Crippen molar-refractivity contribution in [3.63, 3.8) is 0 Å². The fourth-order valence-electron chi connectivity index (χ4n) is 3.08. The van der Waals surface area contributed by atoms with Crippen molar-refractivity contribution in [1.82, 2.24) is 15.0 Å². The van der Waals surface area contributed by atoms with E-state index in [2.05, 4.69) is 14.7 Å². The summed E-state index contributed by atoms with van der Waals surface area (Å²) in [7, 11) is -4.02. The van der Waals surface area contributed by atoms with Crippen LogP contribution in [0.25, 0.3) is 10.9 Å². The van der Waals surface area contributed by atoms with Gasteiger partial charge in [0.15, 0.2) is 0 Å². The second-order valence-electron chi connectivity index (χ2n) is 6.79. The van der Waals surface area contributed by atoms with Crippen LogP contribution in [-0.2, 0) is 16.6 Å². The molecule has 0 bridgehead atoms. The summed E-state index contributed by atoms with van der Waals surface area (Å²) in [5, 5.41) is 0.989. The van der Waals surface area contributed by atoms with Gasteiger partial charge in [-0.05, 0) is 43.3 Å². The van der Waals surface area contributed by atoms with Crippen molar-refractivity contribution in [3.8, 4) is 5.75 Å². The molecule has 4 aromatic rings. The molecule has 2 aromatic carbocycles. The molecule has 158 valence electrons. The molecular weight excluding hydrogens is 420 g/mol. The van der Waals surface area contributed by atoms with Crippen LogP contribution in [0.4, 0.5) is 5.69 Å². The fraction of sp³-hybridized carbons (Fsp3) is 0.0952. The zero-order chi connectivity index (χ0) is 22.0. The molecule has 10 heteroatoms. The molecule has 0 saturated carbocycles. The minimum absolute atomic E-state index is 0.0596. The molecule has 4 rings (SSSR count). The summed E-state index contributed by atoms with van der Waals surface area (Å²) >= 11 is 0. The molecule has 0 saturated heterocycles. The maximum absolute atomic E-state index is 12.5. The van der Waals surface area contributed by atoms with E-state index in [1.807, 2.05) is 42.2 Å². The number of rotatable bonds is 6. The Morgan fingerprint density at radius 2 is 1.81 bits per heavy atom. The van der Waals surface area contributed by atoms with E-state index >= 15 is 0 Å². The van der Waals surface area contributed by atoms with Gasteiger partial charge in [-0.3, -0.25) is 19.5 Å². The van der Waals surface area contributed by atoms with Crippen molar-refractivity contribution in [2.45, 2.75) is 18.4 Å². The van der Waals surface area contributed by atoms with Crippen molar-refractivity contribution in [2.24, 2.45) is 0 Å². The molecule has 31 heavy (non-hydrogen) atoms. The molecule has 0 aliphatic rings. The van der Waals surface area contributed by atoms with Gasteiger partial charge in [0.1, 0.15) is 18.0 Å². The number of hydrogen-bond acceptors (Lipinski definition) is 6. The van der Waals surface area contributed by atoms with Crippen LogP contribution >= 0.6 is 0 Å². The molecule has 3 N–H and O–H groups in total. The summed E-state index contributed by atoms with van der Waals surface area (Å²) in [6.45, 7) is 2.21.